The Morgan fingerprint density at radius 3 is 2.40 bits per heavy atom. The molecular weight excluding hydrogens is 256 g/mol. The average Bonchev–Trinajstić information content (AvgIpc) is 2.45. The second kappa shape index (κ2) is 6.06. The van der Waals surface area contributed by atoms with Crippen molar-refractivity contribution in [3.8, 4) is 11.5 Å². The number of nitrogens with zero attached hydrogens (tertiary/aromatic N) is 2. The molecule has 2 rings (SSSR count). The number of hydrogen-bond acceptors (Lipinski definition) is 4. The van der Waals surface area contributed by atoms with Crippen molar-refractivity contribution in [2.45, 2.75) is 13.5 Å². The maximum atomic E-state index is 12.4. The summed E-state index contributed by atoms with van der Waals surface area (Å²) < 4.78 is 0. The summed E-state index contributed by atoms with van der Waals surface area (Å²) in [5.74, 6) is -0.877. The quantitative estimate of drug-likeness (QED) is 0.894. The first kappa shape index (κ1) is 13.9. The summed E-state index contributed by atoms with van der Waals surface area (Å²) >= 11 is 0. The van der Waals surface area contributed by atoms with E-state index in [0.717, 1.165) is 5.69 Å². The number of hydrogen-bond donors (Lipinski definition) is 2. The Morgan fingerprint density at radius 1 is 1.15 bits per heavy atom. The Bertz CT molecular complexity index is 579. The van der Waals surface area contributed by atoms with Gasteiger partial charge in [-0.05, 0) is 31.2 Å². The summed E-state index contributed by atoms with van der Waals surface area (Å²) in [7, 11) is 0. The second-order valence-electron chi connectivity index (χ2n) is 4.31. The minimum Gasteiger partial charge on any atom is -0.507 e. The third-order valence-corrected chi connectivity index (χ3v) is 2.98. The lowest BCUT2D eigenvalue weighted by Gasteiger charge is -2.21. The zero-order valence-corrected chi connectivity index (χ0v) is 11.2. The zero-order valence-electron chi connectivity index (χ0n) is 11.2. The lowest BCUT2D eigenvalue weighted by atomic mass is 10.1. The van der Waals surface area contributed by atoms with Crippen molar-refractivity contribution in [1.29, 1.82) is 0 Å². The van der Waals surface area contributed by atoms with Gasteiger partial charge in [-0.25, -0.2) is 0 Å². The van der Waals surface area contributed by atoms with Crippen molar-refractivity contribution in [1.82, 2.24) is 9.88 Å². The van der Waals surface area contributed by atoms with Crippen molar-refractivity contribution in [2.24, 2.45) is 0 Å². The lowest BCUT2D eigenvalue weighted by molar-refractivity contribution is 0.0744. The van der Waals surface area contributed by atoms with Gasteiger partial charge >= 0.3 is 0 Å². The highest BCUT2D eigenvalue weighted by atomic mass is 16.3. The first-order chi connectivity index (χ1) is 9.63. The van der Waals surface area contributed by atoms with Crippen LogP contribution in [0.5, 0.6) is 11.5 Å². The minimum absolute atomic E-state index is 0.0784. The van der Waals surface area contributed by atoms with Crippen molar-refractivity contribution in [2.75, 3.05) is 6.54 Å². The van der Waals surface area contributed by atoms with E-state index < -0.39 is 5.91 Å². The highest BCUT2D eigenvalue weighted by Crippen LogP contribution is 2.27. The highest BCUT2D eigenvalue weighted by molar-refractivity contribution is 5.99. The number of carbonyl (C=O) groups is 1. The van der Waals surface area contributed by atoms with Crippen LogP contribution in [-0.2, 0) is 6.54 Å². The monoisotopic (exact) mass is 272 g/mol. The van der Waals surface area contributed by atoms with Crippen molar-refractivity contribution < 1.29 is 15.0 Å². The molecule has 0 unspecified atom stereocenters. The van der Waals surface area contributed by atoms with Crippen LogP contribution >= 0.6 is 0 Å². The maximum Gasteiger partial charge on any atom is 0.261 e. The van der Waals surface area contributed by atoms with Crippen LogP contribution in [0, 0.1) is 0 Å². The number of amides is 1. The van der Waals surface area contributed by atoms with E-state index in [9.17, 15) is 15.0 Å². The Balaban J connectivity index is 2.26. The van der Waals surface area contributed by atoms with Gasteiger partial charge in [-0.1, -0.05) is 12.1 Å². The molecule has 2 N–H and O–H groups in total. The van der Waals surface area contributed by atoms with Gasteiger partial charge in [0, 0.05) is 12.7 Å². The standard InChI is InChI=1S/C15H16N2O3/c1-2-17(10-11-6-3-4-9-16-11)15(20)14-12(18)7-5-8-13(14)19/h3-9,18-19H,2,10H2,1H3. The van der Waals surface area contributed by atoms with Crippen molar-refractivity contribution in [3.63, 3.8) is 0 Å². The van der Waals surface area contributed by atoms with Gasteiger partial charge in [-0.3, -0.25) is 9.78 Å². The largest absolute Gasteiger partial charge is 0.507 e. The van der Waals surface area contributed by atoms with Crippen LogP contribution in [0.15, 0.2) is 42.6 Å². The van der Waals surface area contributed by atoms with Gasteiger partial charge in [0.15, 0.2) is 0 Å². The average molecular weight is 272 g/mol. The molecule has 0 atom stereocenters. The molecule has 0 aliphatic heterocycles. The van der Waals surface area contributed by atoms with Gasteiger partial charge < -0.3 is 15.1 Å². The number of pyridine rings is 1. The third-order valence-electron chi connectivity index (χ3n) is 2.98. The molecule has 0 bridgehead atoms. The Labute approximate surface area is 117 Å². The Kier molecular flexibility index (Phi) is 4.20. The van der Waals surface area contributed by atoms with Gasteiger partial charge in [0.1, 0.15) is 17.1 Å². The molecule has 5 nitrogen and oxygen atoms in total. The van der Waals surface area contributed by atoms with E-state index in [1.165, 1.54) is 23.1 Å². The molecule has 2 aromatic rings. The molecule has 20 heavy (non-hydrogen) atoms. The van der Waals surface area contributed by atoms with Crippen molar-refractivity contribution in [3.05, 3.63) is 53.9 Å². The number of phenols is 2. The van der Waals surface area contributed by atoms with E-state index in [-0.39, 0.29) is 17.1 Å². The summed E-state index contributed by atoms with van der Waals surface area (Å²) in [4.78, 5) is 18.1. The fourth-order valence-electron chi connectivity index (χ4n) is 1.92. The first-order valence-corrected chi connectivity index (χ1v) is 6.33. The van der Waals surface area contributed by atoms with Gasteiger partial charge in [0.25, 0.3) is 5.91 Å². The fourth-order valence-corrected chi connectivity index (χ4v) is 1.92. The van der Waals surface area contributed by atoms with E-state index in [1.54, 1.807) is 12.3 Å². The fraction of sp³-hybridized carbons (Fsp3) is 0.200. The molecule has 5 heteroatoms. The van der Waals surface area contributed by atoms with Gasteiger partial charge in [0.2, 0.25) is 0 Å². The van der Waals surface area contributed by atoms with Crippen LogP contribution < -0.4 is 0 Å². The molecule has 0 spiro atoms. The number of aromatic nitrogens is 1. The van der Waals surface area contributed by atoms with E-state index in [0.29, 0.717) is 13.1 Å². The molecule has 0 aliphatic carbocycles. The topological polar surface area (TPSA) is 73.7 Å². The number of rotatable bonds is 4. The summed E-state index contributed by atoms with van der Waals surface area (Å²) in [6, 6.07) is 9.70. The maximum absolute atomic E-state index is 12.4. The summed E-state index contributed by atoms with van der Waals surface area (Å²) in [6.45, 7) is 2.60. The predicted molar refractivity (Wildman–Crippen MR) is 74.4 cm³/mol. The van der Waals surface area contributed by atoms with Gasteiger partial charge in [0.05, 0.1) is 12.2 Å². The van der Waals surface area contributed by atoms with Crippen LogP contribution in [0.2, 0.25) is 0 Å². The molecule has 0 radical (unpaired) electrons. The normalized spacial score (nSPS) is 10.2. The molecule has 0 fully saturated rings. The molecule has 1 aromatic heterocycles. The lowest BCUT2D eigenvalue weighted by Crippen LogP contribution is -2.30. The SMILES string of the molecule is CCN(Cc1ccccn1)C(=O)c1c(O)cccc1O. The Morgan fingerprint density at radius 2 is 1.85 bits per heavy atom. The molecule has 1 aromatic carbocycles. The van der Waals surface area contributed by atoms with E-state index in [2.05, 4.69) is 4.98 Å². The molecular formula is C15H16N2O3. The minimum atomic E-state index is -0.422. The molecule has 0 aliphatic rings. The summed E-state index contributed by atoms with van der Waals surface area (Å²) in [6.07, 6.45) is 1.66. The van der Waals surface area contributed by atoms with E-state index in [1.807, 2.05) is 19.1 Å². The zero-order chi connectivity index (χ0) is 14.5. The van der Waals surface area contributed by atoms with Crippen LogP contribution in [0.1, 0.15) is 23.0 Å². The predicted octanol–water partition coefficient (Wildman–Crippen LogP) is 2.16. The molecule has 1 heterocycles. The molecule has 0 saturated heterocycles. The van der Waals surface area contributed by atoms with E-state index in [4.69, 9.17) is 0 Å². The van der Waals surface area contributed by atoms with Crippen LogP contribution in [0.3, 0.4) is 0 Å². The summed E-state index contributed by atoms with van der Waals surface area (Å²) in [5, 5.41) is 19.5. The van der Waals surface area contributed by atoms with Crippen LogP contribution in [-0.4, -0.2) is 32.5 Å². The van der Waals surface area contributed by atoms with Crippen LogP contribution in [0.4, 0.5) is 0 Å². The highest BCUT2D eigenvalue weighted by Gasteiger charge is 2.21. The number of carbonyl (C=O) groups excluding carboxylic acids is 1. The van der Waals surface area contributed by atoms with Gasteiger partial charge in [-0.15, -0.1) is 0 Å². The second-order valence-corrected chi connectivity index (χ2v) is 4.31. The summed E-state index contributed by atoms with van der Waals surface area (Å²) in [5.41, 5.74) is 0.669. The molecule has 104 valence electrons. The number of benzene rings is 1. The number of aromatic hydroxyl groups is 2. The molecule has 1 amide bonds. The number of phenolic OH excluding ortho intramolecular Hbond substituents is 2. The van der Waals surface area contributed by atoms with E-state index >= 15 is 0 Å². The van der Waals surface area contributed by atoms with Crippen molar-refractivity contribution >= 4 is 5.91 Å². The molecule has 0 saturated carbocycles. The van der Waals surface area contributed by atoms with Crippen LogP contribution in [0.25, 0.3) is 0 Å². The smallest absolute Gasteiger partial charge is 0.261 e. The first-order valence-electron chi connectivity index (χ1n) is 6.33. The van der Waals surface area contributed by atoms with Gasteiger partial charge in [-0.2, -0.15) is 0 Å². The third kappa shape index (κ3) is 2.88. The Hall–Kier alpha value is -2.56.